The molecule has 3 unspecified atom stereocenters. The SMILES string of the molecule is CS(=O)(=O)CCCC(=O)C1CCC2CCCCC2C1. The minimum Gasteiger partial charge on any atom is -0.299 e. The summed E-state index contributed by atoms with van der Waals surface area (Å²) < 4.78 is 22.1. The van der Waals surface area contributed by atoms with E-state index in [-0.39, 0.29) is 11.7 Å². The number of carbonyl (C=O) groups excluding carboxylic acids is 1. The number of hydrogen-bond acceptors (Lipinski definition) is 3. The van der Waals surface area contributed by atoms with Crippen LogP contribution >= 0.6 is 0 Å². The molecule has 2 fully saturated rings. The second-order valence-electron chi connectivity index (χ2n) is 6.51. The Morgan fingerprint density at radius 1 is 1.05 bits per heavy atom. The lowest BCUT2D eigenvalue weighted by Gasteiger charge is -2.38. The number of ketones is 1. The van der Waals surface area contributed by atoms with Gasteiger partial charge in [-0.25, -0.2) is 8.42 Å². The standard InChI is InChI=1S/C15H26O3S/c1-19(17,18)10-4-7-15(16)14-9-8-12-5-2-3-6-13(12)11-14/h12-14H,2-11H2,1H3. The molecular formula is C15H26O3S. The van der Waals surface area contributed by atoms with E-state index in [1.165, 1.54) is 38.4 Å². The van der Waals surface area contributed by atoms with Crippen molar-refractivity contribution in [2.45, 2.75) is 57.8 Å². The molecule has 0 amide bonds. The van der Waals surface area contributed by atoms with Crippen molar-refractivity contribution in [3.63, 3.8) is 0 Å². The third kappa shape index (κ3) is 4.59. The van der Waals surface area contributed by atoms with Gasteiger partial charge in [0.15, 0.2) is 0 Å². The summed E-state index contributed by atoms with van der Waals surface area (Å²) in [4.78, 5) is 12.2. The molecule has 0 spiro atoms. The molecule has 0 aromatic rings. The van der Waals surface area contributed by atoms with Crippen LogP contribution in [0.5, 0.6) is 0 Å². The molecule has 0 radical (unpaired) electrons. The lowest BCUT2D eigenvalue weighted by Crippen LogP contribution is -2.31. The number of Topliss-reactive ketones (excluding diaryl/α,β-unsaturated/α-hetero) is 1. The Morgan fingerprint density at radius 2 is 1.74 bits per heavy atom. The Labute approximate surface area is 117 Å². The van der Waals surface area contributed by atoms with Crippen molar-refractivity contribution >= 4 is 15.6 Å². The third-order valence-corrected chi connectivity index (χ3v) is 5.96. The highest BCUT2D eigenvalue weighted by Crippen LogP contribution is 2.43. The molecule has 0 aromatic heterocycles. The van der Waals surface area contributed by atoms with Crippen LogP contribution in [0.1, 0.15) is 57.8 Å². The van der Waals surface area contributed by atoms with Crippen LogP contribution in [0.2, 0.25) is 0 Å². The van der Waals surface area contributed by atoms with Gasteiger partial charge in [-0.2, -0.15) is 0 Å². The summed E-state index contributed by atoms with van der Waals surface area (Å²) in [7, 11) is -2.92. The summed E-state index contributed by atoms with van der Waals surface area (Å²) in [6.07, 6.45) is 10.9. The molecule has 0 aliphatic heterocycles. The molecule has 0 heterocycles. The first-order valence-corrected chi connectivity index (χ1v) is 9.72. The fraction of sp³-hybridized carbons (Fsp3) is 0.933. The van der Waals surface area contributed by atoms with E-state index in [1.807, 2.05) is 0 Å². The zero-order valence-corrected chi connectivity index (χ0v) is 12.8. The van der Waals surface area contributed by atoms with Crippen LogP contribution in [0.4, 0.5) is 0 Å². The molecule has 3 nitrogen and oxygen atoms in total. The van der Waals surface area contributed by atoms with E-state index in [0.717, 1.165) is 24.7 Å². The highest BCUT2D eigenvalue weighted by molar-refractivity contribution is 7.90. The van der Waals surface area contributed by atoms with Crippen molar-refractivity contribution in [2.75, 3.05) is 12.0 Å². The van der Waals surface area contributed by atoms with E-state index in [9.17, 15) is 13.2 Å². The minimum absolute atomic E-state index is 0.150. The van der Waals surface area contributed by atoms with Crippen molar-refractivity contribution in [1.82, 2.24) is 0 Å². The highest BCUT2D eigenvalue weighted by atomic mass is 32.2. The van der Waals surface area contributed by atoms with Crippen molar-refractivity contribution in [2.24, 2.45) is 17.8 Å². The highest BCUT2D eigenvalue weighted by Gasteiger charge is 2.34. The lowest BCUT2D eigenvalue weighted by atomic mass is 9.66. The first-order valence-electron chi connectivity index (χ1n) is 7.66. The fourth-order valence-corrected chi connectivity index (χ4v) is 4.55. The van der Waals surface area contributed by atoms with Gasteiger partial charge in [-0.3, -0.25) is 4.79 Å². The Balaban J connectivity index is 1.77. The van der Waals surface area contributed by atoms with E-state index in [0.29, 0.717) is 18.6 Å². The van der Waals surface area contributed by atoms with E-state index in [2.05, 4.69) is 0 Å². The first-order chi connectivity index (χ1) is 8.96. The third-order valence-electron chi connectivity index (χ3n) is 4.93. The number of carbonyl (C=O) groups is 1. The molecule has 2 rings (SSSR count). The van der Waals surface area contributed by atoms with Gasteiger partial charge >= 0.3 is 0 Å². The molecular weight excluding hydrogens is 260 g/mol. The van der Waals surface area contributed by atoms with Crippen LogP contribution in [-0.2, 0) is 14.6 Å². The van der Waals surface area contributed by atoms with Gasteiger partial charge in [-0.05, 0) is 37.5 Å². The van der Waals surface area contributed by atoms with E-state index >= 15 is 0 Å². The average Bonchev–Trinajstić information content (AvgIpc) is 2.36. The van der Waals surface area contributed by atoms with Crippen molar-refractivity contribution < 1.29 is 13.2 Å². The predicted molar refractivity (Wildman–Crippen MR) is 76.7 cm³/mol. The Bertz CT molecular complexity index is 413. The van der Waals surface area contributed by atoms with Crippen LogP contribution in [0.15, 0.2) is 0 Å². The van der Waals surface area contributed by atoms with E-state index < -0.39 is 9.84 Å². The quantitative estimate of drug-likeness (QED) is 0.780. The molecule has 2 aliphatic rings. The Kier molecular flexibility index (Phi) is 5.04. The zero-order valence-electron chi connectivity index (χ0n) is 11.9. The van der Waals surface area contributed by atoms with Gasteiger partial charge in [0, 0.05) is 18.6 Å². The monoisotopic (exact) mass is 286 g/mol. The summed E-state index contributed by atoms with van der Waals surface area (Å²) in [6.45, 7) is 0. The van der Waals surface area contributed by atoms with Gasteiger partial charge in [0.05, 0.1) is 5.75 Å². The summed E-state index contributed by atoms with van der Waals surface area (Å²) in [5.74, 6) is 2.32. The fourth-order valence-electron chi connectivity index (χ4n) is 3.88. The summed E-state index contributed by atoms with van der Waals surface area (Å²) in [5, 5.41) is 0. The molecule has 110 valence electrons. The van der Waals surface area contributed by atoms with Crippen LogP contribution in [0, 0.1) is 17.8 Å². The van der Waals surface area contributed by atoms with Crippen LogP contribution in [0.3, 0.4) is 0 Å². The maximum atomic E-state index is 12.2. The van der Waals surface area contributed by atoms with E-state index in [4.69, 9.17) is 0 Å². The largest absolute Gasteiger partial charge is 0.299 e. The number of sulfone groups is 1. The van der Waals surface area contributed by atoms with Crippen molar-refractivity contribution in [3.05, 3.63) is 0 Å². The van der Waals surface area contributed by atoms with Gasteiger partial charge < -0.3 is 0 Å². The number of hydrogen-bond donors (Lipinski definition) is 0. The van der Waals surface area contributed by atoms with Gasteiger partial charge in [-0.15, -0.1) is 0 Å². The Hall–Kier alpha value is -0.380. The van der Waals surface area contributed by atoms with Crippen LogP contribution < -0.4 is 0 Å². The first kappa shape index (κ1) is 15.0. The summed E-state index contributed by atoms with van der Waals surface area (Å²) >= 11 is 0. The van der Waals surface area contributed by atoms with Crippen molar-refractivity contribution in [3.8, 4) is 0 Å². The molecule has 0 N–H and O–H groups in total. The van der Waals surface area contributed by atoms with Crippen LogP contribution in [-0.4, -0.2) is 26.2 Å². The number of fused-ring (bicyclic) bond motifs is 1. The van der Waals surface area contributed by atoms with Gasteiger partial charge in [-0.1, -0.05) is 25.7 Å². The molecule has 0 aromatic carbocycles. The van der Waals surface area contributed by atoms with Gasteiger partial charge in [0.1, 0.15) is 15.6 Å². The van der Waals surface area contributed by atoms with Crippen molar-refractivity contribution in [1.29, 1.82) is 0 Å². The van der Waals surface area contributed by atoms with Gasteiger partial charge in [0.25, 0.3) is 0 Å². The normalized spacial score (nSPS) is 31.7. The molecule has 0 saturated heterocycles. The molecule has 0 bridgehead atoms. The molecule has 19 heavy (non-hydrogen) atoms. The molecule has 2 aliphatic carbocycles. The topological polar surface area (TPSA) is 51.2 Å². The summed E-state index contributed by atoms with van der Waals surface area (Å²) in [5.41, 5.74) is 0. The van der Waals surface area contributed by atoms with E-state index in [1.54, 1.807) is 0 Å². The van der Waals surface area contributed by atoms with Crippen LogP contribution in [0.25, 0.3) is 0 Å². The summed E-state index contributed by atoms with van der Waals surface area (Å²) in [6, 6.07) is 0. The smallest absolute Gasteiger partial charge is 0.147 e. The predicted octanol–water partition coefficient (Wildman–Crippen LogP) is 2.99. The average molecular weight is 286 g/mol. The maximum absolute atomic E-state index is 12.2. The zero-order chi connectivity index (χ0) is 13.9. The minimum atomic E-state index is -2.92. The molecule has 4 heteroatoms. The second kappa shape index (κ2) is 6.38. The lowest BCUT2D eigenvalue weighted by molar-refractivity contribution is -0.125. The second-order valence-corrected chi connectivity index (χ2v) is 8.77. The Morgan fingerprint density at radius 3 is 2.42 bits per heavy atom. The molecule has 3 atom stereocenters. The molecule has 2 saturated carbocycles. The number of rotatable bonds is 5. The van der Waals surface area contributed by atoms with Gasteiger partial charge in [0.2, 0.25) is 0 Å². The maximum Gasteiger partial charge on any atom is 0.147 e.